The fourth-order valence-electron chi connectivity index (χ4n) is 3.72. The number of likely N-dealkylation sites (tertiary alicyclic amines) is 1. The van der Waals surface area contributed by atoms with E-state index in [4.69, 9.17) is 10.5 Å². The molecule has 2 N–H and O–H groups in total. The highest BCUT2D eigenvalue weighted by atomic mass is 79.9. The number of hydrogen-bond acceptors (Lipinski definition) is 3. The minimum absolute atomic E-state index is 0.186. The van der Waals surface area contributed by atoms with Crippen LogP contribution in [0.15, 0.2) is 35.3 Å². The van der Waals surface area contributed by atoms with Crippen molar-refractivity contribution in [3.8, 4) is 0 Å². The SMILES string of the molecule is C=CC1(N)c2cc(Br)ccc2CC12CN(C(=O)OC(C)(C)C)C2. The van der Waals surface area contributed by atoms with Crippen molar-refractivity contribution in [2.75, 3.05) is 13.1 Å². The van der Waals surface area contributed by atoms with Crippen molar-refractivity contribution >= 4 is 22.0 Å². The zero-order chi connectivity index (χ0) is 17.0. The molecule has 1 aliphatic carbocycles. The van der Waals surface area contributed by atoms with Crippen molar-refractivity contribution in [1.29, 1.82) is 0 Å². The number of hydrogen-bond donors (Lipinski definition) is 1. The Bertz CT molecular complexity index is 674. The zero-order valence-corrected chi connectivity index (χ0v) is 15.4. The van der Waals surface area contributed by atoms with E-state index in [9.17, 15) is 4.79 Å². The maximum atomic E-state index is 12.2. The second kappa shape index (κ2) is 5.08. The molecule has 5 heteroatoms. The summed E-state index contributed by atoms with van der Waals surface area (Å²) in [5.74, 6) is 0. The number of amides is 1. The molecule has 1 spiro atoms. The number of nitrogens with zero attached hydrogens (tertiary/aromatic N) is 1. The van der Waals surface area contributed by atoms with Gasteiger partial charge in [0, 0.05) is 23.0 Å². The number of benzene rings is 1. The van der Waals surface area contributed by atoms with Crippen LogP contribution in [-0.2, 0) is 16.7 Å². The maximum Gasteiger partial charge on any atom is 0.410 e. The smallest absolute Gasteiger partial charge is 0.410 e. The van der Waals surface area contributed by atoms with Crippen LogP contribution in [0.5, 0.6) is 0 Å². The van der Waals surface area contributed by atoms with Crippen molar-refractivity contribution in [3.63, 3.8) is 0 Å². The van der Waals surface area contributed by atoms with Crippen LogP contribution in [-0.4, -0.2) is 29.7 Å². The molecule has 1 unspecified atom stereocenters. The van der Waals surface area contributed by atoms with Crippen molar-refractivity contribution in [3.05, 3.63) is 46.5 Å². The van der Waals surface area contributed by atoms with Gasteiger partial charge in [-0.1, -0.05) is 28.1 Å². The lowest BCUT2D eigenvalue weighted by molar-refractivity contribution is -0.0535. The summed E-state index contributed by atoms with van der Waals surface area (Å²) < 4.78 is 6.46. The van der Waals surface area contributed by atoms with E-state index in [0.717, 1.165) is 16.5 Å². The van der Waals surface area contributed by atoms with Gasteiger partial charge >= 0.3 is 6.09 Å². The van der Waals surface area contributed by atoms with Gasteiger partial charge in [-0.25, -0.2) is 4.79 Å². The van der Waals surface area contributed by atoms with Gasteiger partial charge in [0.15, 0.2) is 0 Å². The lowest BCUT2D eigenvalue weighted by Gasteiger charge is -2.54. The van der Waals surface area contributed by atoms with E-state index in [1.54, 1.807) is 4.90 Å². The largest absolute Gasteiger partial charge is 0.444 e. The van der Waals surface area contributed by atoms with E-state index < -0.39 is 11.1 Å². The van der Waals surface area contributed by atoms with E-state index in [1.165, 1.54) is 5.56 Å². The average Bonchev–Trinajstić information content (AvgIpc) is 2.65. The summed E-state index contributed by atoms with van der Waals surface area (Å²) in [4.78, 5) is 14.0. The second-order valence-corrected chi connectivity index (χ2v) is 8.58. The zero-order valence-electron chi connectivity index (χ0n) is 13.9. The molecule has 1 heterocycles. The Morgan fingerprint density at radius 2 is 2.09 bits per heavy atom. The molecule has 1 fully saturated rings. The molecule has 1 amide bonds. The first-order chi connectivity index (χ1) is 10.6. The molecule has 0 saturated carbocycles. The first kappa shape index (κ1) is 16.5. The van der Waals surface area contributed by atoms with Crippen molar-refractivity contribution < 1.29 is 9.53 Å². The quantitative estimate of drug-likeness (QED) is 0.759. The second-order valence-electron chi connectivity index (χ2n) is 7.67. The number of carbonyl (C=O) groups is 1. The van der Waals surface area contributed by atoms with Gasteiger partial charge in [-0.3, -0.25) is 0 Å². The first-order valence-corrected chi connectivity index (χ1v) is 8.59. The third-order valence-electron chi connectivity index (χ3n) is 4.88. The summed E-state index contributed by atoms with van der Waals surface area (Å²) in [5, 5.41) is 0. The number of fused-ring (bicyclic) bond motifs is 1. The van der Waals surface area contributed by atoms with Crippen LogP contribution in [0.1, 0.15) is 31.9 Å². The molecule has 0 aromatic heterocycles. The minimum Gasteiger partial charge on any atom is -0.444 e. The van der Waals surface area contributed by atoms with Gasteiger partial charge in [-0.2, -0.15) is 0 Å². The maximum absolute atomic E-state index is 12.2. The van der Waals surface area contributed by atoms with Crippen LogP contribution < -0.4 is 5.73 Å². The molecular formula is C18H23BrN2O2. The number of nitrogens with two attached hydrogens (primary N) is 1. The summed E-state index contributed by atoms with van der Waals surface area (Å²) in [6.45, 7) is 10.8. The molecule has 1 aromatic carbocycles. The number of halogens is 1. The third kappa shape index (κ3) is 2.50. The topological polar surface area (TPSA) is 55.6 Å². The Hall–Kier alpha value is -1.33. The van der Waals surface area contributed by atoms with Crippen molar-refractivity contribution in [1.82, 2.24) is 4.90 Å². The van der Waals surface area contributed by atoms with Gasteiger partial charge in [0.05, 0.1) is 5.54 Å². The Balaban J connectivity index is 1.84. The molecule has 1 atom stereocenters. The first-order valence-electron chi connectivity index (χ1n) is 7.80. The summed E-state index contributed by atoms with van der Waals surface area (Å²) >= 11 is 3.52. The lowest BCUT2D eigenvalue weighted by Crippen LogP contribution is -2.68. The highest BCUT2D eigenvalue weighted by molar-refractivity contribution is 9.10. The van der Waals surface area contributed by atoms with Crippen LogP contribution in [0.3, 0.4) is 0 Å². The van der Waals surface area contributed by atoms with Crippen LogP contribution in [0.4, 0.5) is 4.79 Å². The predicted octanol–water partition coefficient (Wildman–Crippen LogP) is 3.58. The molecule has 0 radical (unpaired) electrons. The van der Waals surface area contributed by atoms with E-state index in [2.05, 4.69) is 34.6 Å². The minimum atomic E-state index is -0.620. The van der Waals surface area contributed by atoms with Crippen LogP contribution in [0.25, 0.3) is 0 Å². The van der Waals surface area contributed by atoms with Crippen LogP contribution in [0.2, 0.25) is 0 Å². The van der Waals surface area contributed by atoms with Gasteiger partial charge in [0.25, 0.3) is 0 Å². The summed E-state index contributed by atoms with van der Waals surface area (Å²) in [6, 6.07) is 6.21. The van der Waals surface area contributed by atoms with Crippen LogP contribution in [0, 0.1) is 5.41 Å². The molecule has 2 aliphatic rings. The molecule has 124 valence electrons. The average molecular weight is 379 g/mol. The van der Waals surface area contributed by atoms with Gasteiger partial charge in [-0.15, -0.1) is 6.58 Å². The number of rotatable bonds is 1. The van der Waals surface area contributed by atoms with E-state index in [1.807, 2.05) is 32.9 Å². The van der Waals surface area contributed by atoms with Gasteiger partial charge in [0.2, 0.25) is 0 Å². The molecular weight excluding hydrogens is 356 g/mol. The molecule has 0 bridgehead atoms. The van der Waals surface area contributed by atoms with E-state index >= 15 is 0 Å². The molecule has 1 saturated heterocycles. The summed E-state index contributed by atoms with van der Waals surface area (Å²) in [6.07, 6.45) is 2.42. The monoisotopic (exact) mass is 378 g/mol. The molecule has 4 nitrogen and oxygen atoms in total. The molecule has 3 rings (SSSR count). The molecule has 23 heavy (non-hydrogen) atoms. The molecule has 1 aromatic rings. The van der Waals surface area contributed by atoms with Gasteiger partial charge in [0.1, 0.15) is 5.60 Å². The van der Waals surface area contributed by atoms with Crippen molar-refractivity contribution in [2.24, 2.45) is 11.1 Å². The van der Waals surface area contributed by atoms with Crippen molar-refractivity contribution in [2.45, 2.75) is 38.3 Å². The fraction of sp³-hybridized carbons (Fsp3) is 0.500. The number of ether oxygens (including phenoxy) is 1. The van der Waals surface area contributed by atoms with Crippen LogP contribution >= 0.6 is 15.9 Å². The van der Waals surface area contributed by atoms with Gasteiger partial charge in [-0.05, 0) is 50.5 Å². The number of carbonyl (C=O) groups excluding carboxylic acids is 1. The summed E-state index contributed by atoms with van der Waals surface area (Å²) in [5.41, 5.74) is 7.80. The Labute approximate surface area is 145 Å². The molecule has 1 aliphatic heterocycles. The standard InChI is InChI=1S/C18H23BrN2O2/c1-5-18(20)14-8-13(19)7-6-12(14)9-17(18)10-21(11-17)15(22)23-16(2,3)4/h5-8H,1,9-11,20H2,2-4H3. The Morgan fingerprint density at radius 3 is 2.65 bits per heavy atom. The van der Waals surface area contributed by atoms with Gasteiger partial charge < -0.3 is 15.4 Å². The lowest BCUT2D eigenvalue weighted by atomic mass is 9.65. The Kier molecular flexibility index (Phi) is 3.65. The Morgan fingerprint density at radius 1 is 1.43 bits per heavy atom. The third-order valence-corrected chi connectivity index (χ3v) is 5.38. The van der Waals surface area contributed by atoms with E-state index in [-0.39, 0.29) is 11.5 Å². The fourth-order valence-corrected chi connectivity index (χ4v) is 4.09. The predicted molar refractivity (Wildman–Crippen MR) is 94.1 cm³/mol. The highest BCUT2D eigenvalue weighted by Gasteiger charge is 2.61. The normalized spacial score (nSPS) is 25.0. The highest BCUT2D eigenvalue weighted by Crippen LogP contribution is 2.55. The van der Waals surface area contributed by atoms with E-state index in [0.29, 0.717) is 13.1 Å². The summed E-state index contributed by atoms with van der Waals surface area (Å²) in [7, 11) is 0.